The second kappa shape index (κ2) is 9.48. The third-order valence-electron chi connectivity index (χ3n) is 2.49. The highest BCUT2D eigenvalue weighted by molar-refractivity contribution is 7.98. The maximum Gasteiger partial charge on any atom is 0.326 e. The lowest BCUT2D eigenvalue weighted by Crippen LogP contribution is -2.50. The van der Waals surface area contributed by atoms with Gasteiger partial charge in [0.15, 0.2) is 0 Å². The summed E-state index contributed by atoms with van der Waals surface area (Å²) in [6.07, 6.45) is 2.21. The average Bonchev–Trinajstić information content (AvgIpc) is 2.39. The first kappa shape index (κ1) is 17.6. The topological polar surface area (TPSA) is 98.7 Å². The van der Waals surface area contributed by atoms with Gasteiger partial charge < -0.3 is 20.6 Å². The number of carboxylic acid groups (broad SMARTS) is 1. The van der Waals surface area contributed by atoms with Crippen LogP contribution < -0.4 is 10.6 Å². The molecule has 0 spiro atoms. The monoisotopic (exact) mass is 291 g/mol. The highest BCUT2D eigenvalue weighted by Gasteiger charge is 2.23. The molecule has 0 fully saturated rings. The summed E-state index contributed by atoms with van der Waals surface area (Å²) < 4.78 is 0. The highest BCUT2D eigenvalue weighted by atomic mass is 32.2. The van der Waals surface area contributed by atoms with Crippen molar-refractivity contribution in [2.24, 2.45) is 0 Å². The minimum absolute atomic E-state index is 0.0896. The summed E-state index contributed by atoms with van der Waals surface area (Å²) in [5, 5.41) is 13.9. The van der Waals surface area contributed by atoms with E-state index in [0.717, 1.165) is 0 Å². The number of urea groups is 1. The summed E-state index contributed by atoms with van der Waals surface area (Å²) in [6.45, 7) is 1.96. The summed E-state index contributed by atoms with van der Waals surface area (Å²) in [6, 6.07) is -1.47. The molecule has 0 aromatic carbocycles. The van der Waals surface area contributed by atoms with Crippen LogP contribution in [0.15, 0.2) is 0 Å². The van der Waals surface area contributed by atoms with E-state index < -0.39 is 18.0 Å². The second-order valence-corrected chi connectivity index (χ2v) is 4.79. The van der Waals surface area contributed by atoms with Crippen LogP contribution in [0.25, 0.3) is 0 Å². The number of likely N-dealkylation sites (N-methyl/N-ethyl adjacent to an activating group) is 2. The Morgan fingerprint density at radius 2 is 2.00 bits per heavy atom. The van der Waals surface area contributed by atoms with Gasteiger partial charge in [-0.25, -0.2) is 9.59 Å². The van der Waals surface area contributed by atoms with Crippen molar-refractivity contribution < 1.29 is 19.5 Å². The standard InChI is InChI=1S/C11H21N3O4S/c1-4-14(7-9(15)12-2)11(18)13-8(10(16)17)5-6-19-3/h8H,4-7H2,1-3H3,(H,12,15)(H,13,18)(H,16,17)/t8-/m1/s1. The Morgan fingerprint density at radius 1 is 1.37 bits per heavy atom. The smallest absolute Gasteiger partial charge is 0.326 e. The number of carboxylic acids is 1. The van der Waals surface area contributed by atoms with Gasteiger partial charge in [-0.15, -0.1) is 0 Å². The van der Waals surface area contributed by atoms with Crippen LogP contribution in [-0.4, -0.2) is 66.1 Å². The summed E-state index contributed by atoms with van der Waals surface area (Å²) in [5.41, 5.74) is 0. The molecule has 7 nitrogen and oxygen atoms in total. The van der Waals surface area contributed by atoms with E-state index in [1.807, 2.05) is 6.26 Å². The molecule has 8 heteroatoms. The Balaban J connectivity index is 4.50. The van der Waals surface area contributed by atoms with Crippen molar-refractivity contribution in [1.29, 1.82) is 0 Å². The SMILES string of the molecule is CCN(CC(=O)NC)C(=O)N[C@H](CCSC)C(=O)O. The van der Waals surface area contributed by atoms with Crippen LogP contribution in [0.3, 0.4) is 0 Å². The van der Waals surface area contributed by atoms with Gasteiger partial charge in [-0.1, -0.05) is 0 Å². The number of carbonyl (C=O) groups is 3. The van der Waals surface area contributed by atoms with Crippen molar-refractivity contribution in [3.63, 3.8) is 0 Å². The number of carbonyl (C=O) groups excluding carboxylic acids is 2. The first-order chi connectivity index (χ1) is 8.96. The van der Waals surface area contributed by atoms with Gasteiger partial charge in [0, 0.05) is 13.6 Å². The van der Waals surface area contributed by atoms with Crippen LogP contribution in [0.1, 0.15) is 13.3 Å². The largest absolute Gasteiger partial charge is 0.480 e. The molecular weight excluding hydrogens is 270 g/mol. The Labute approximate surface area is 117 Å². The molecule has 0 rings (SSSR count). The fraction of sp³-hybridized carbons (Fsp3) is 0.727. The van der Waals surface area contributed by atoms with Gasteiger partial charge in [-0.05, 0) is 25.4 Å². The first-order valence-electron chi connectivity index (χ1n) is 5.94. The van der Waals surface area contributed by atoms with Gasteiger partial charge in [0.2, 0.25) is 5.91 Å². The molecule has 0 aromatic heterocycles. The van der Waals surface area contributed by atoms with E-state index in [4.69, 9.17) is 5.11 Å². The number of nitrogens with zero attached hydrogens (tertiary/aromatic N) is 1. The summed E-state index contributed by atoms with van der Waals surface area (Å²) in [4.78, 5) is 35.4. The molecule has 1 atom stereocenters. The zero-order chi connectivity index (χ0) is 14.8. The number of amides is 3. The molecule has 0 aliphatic carbocycles. The van der Waals surface area contributed by atoms with E-state index in [-0.39, 0.29) is 12.5 Å². The Bertz CT molecular complexity index is 325. The molecule has 0 bridgehead atoms. The molecule has 0 unspecified atom stereocenters. The van der Waals surface area contributed by atoms with E-state index >= 15 is 0 Å². The maximum absolute atomic E-state index is 11.9. The summed E-state index contributed by atoms with van der Waals surface area (Å²) >= 11 is 1.51. The predicted molar refractivity (Wildman–Crippen MR) is 74.3 cm³/mol. The Hall–Kier alpha value is -1.44. The van der Waals surface area contributed by atoms with Crippen molar-refractivity contribution >= 4 is 29.7 Å². The van der Waals surface area contributed by atoms with E-state index in [1.165, 1.54) is 23.7 Å². The first-order valence-corrected chi connectivity index (χ1v) is 7.33. The van der Waals surface area contributed by atoms with Gasteiger partial charge in [-0.2, -0.15) is 11.8 Å². The van der Waals surface area contributed by atoms with Crippen LogP contribution in [0, 0.1) is 0 Å². The van der Waals surface area contributed by atoms with Crippen LogP contribution in [-0.2, 0) is 9.59 Å². The summed E-state index contributed by atoms with van der Waals surface area (Å²) in [5.74, 6) is -0.731. The summed E-state index contributed by atoms with van der Waals surface area (Å²) in [7, 11) is 1.48. The van der Waals surface area contributed by atoms with Crippen LogP contribution in [0.2, 0.25) is 0 Å². The lowest BCUT2D eigenvalue weighted by atomic mass is 10.2. The molecule has 19 heavy (non-hydrogen) atoms. The van der Waals surface area contributed by atoms with E-state index in [2.05, 4.69) is 10.6 Å². The number of nitrogens with one attached hydrogen (secondary N) is 2. The minimum atomic E-state index is -1.07. The third-order valence-corrected chi connectivity index (χ3v) is 3.13. The quantitative estimate of drug-likeness (QED) is 0.583. The van der Waals surface area contributed by atoms with Crippen molar-refractivity contribution in [3.8, 4) is 0 Å². The molecule has 110 valence electrons. The molecular formula is C11H21N3O4S. The van der Waals surface area contributed by atoms with Gasteiger partial charge in [-0.3, -0.25) is 4.79 Å². The molecule has 0 aliphatic rings. The van der Waals surface area contributed by atoms with Crippen molar-refractivity contribution in [3.05, 3.63) is 0 Å². The zero-order valence-corrected chi connectivity index (χ0v) is 12.2. The van der Waals surface area contributed by atoms with Gasteiger partial charge in [0.1, 0.15) is 12.6 Å². The number of aliphatic carboxylic acids is 1. The lowest BCUT2D eigenvalue weighted by Gasteiger charge is -2.23. The fourth-order valence-electron chi connectivity index (χ4n) is 1.31. The average molecular weight is 291 g/mol. The Morgan fingerprint density at radius 3 is 2.42 bits per heavy atom. The van der Waals surface area contributed by atoms with E-state index in [0.29, 0.717) is 18.7 Å². The predicted octanol–water partition coefficient (Wildman–Crippen LogP) is -0.0298. The van der Waals surface area contributed by atoms with Gasteiger partial charge in [0.05, 0.1) is 0 Å². The van der Waals surface area contributed by atoms with Crippen LogP contribution in [0.5, 0.6) is 0 Å². The van der Waals surface area contributed by atoms with Crippen LogP contribution >= 0.6 is 11.8 Å². The Kier molecular flexibility index (Phi) is 8.77. The van der Waals surface area contributed by atoms with Gasteiger partial charge >= 0.3 is 12.0 Å². The molecule has 0 heterocycles. The maximum atomic E-state index is 11.9. The van der Waals surface area contributed by atoms with Gasteiger partial charge in [0.25, 0.3) is 0 Å². The molecule has 0 saturated heterocycles. The minimum Gasteiger partial charge on any atom is -0.480 e. The normalized spacial score (nSPS) is 11.5. The van der Waals surface area contributed by atoms with Crippen molar-refractivity contribution in [1.82, 2.24) is 15.5 Å². The number of hydrogen-bond donors (Lipinski definition) is 3. The molecule has 0 aliphatic heterocycles. The zero-order valence-electron chi connectivity index (χ0n) is 11.4. The third kappa shape index (κ3) is 6.90. The lowest BCUT2D eigenvalue weighted by molar-refractivity contribution is -0.139. The fourth-order valence-corrected chi connectivity index (χ4v) is 1.78. The number of thioether (sulfide) groups is 1. The van der Waals surface area contributed by atoms with E-state index in [1.54, 1.807) is 6.92 Å². The van der Waals surface area contributed by atoms with Crippen molar-refractivity contribution in [2.45, 2.75) is 19.4 Å². The number of rotatable bonds is 8. The molecule has 0 saturated carbocycles. The number of hydrogen-bond acceptors (Lipinski definition) is 4. The molecule has 3 amide bonds. The van der Waals surface area contributed by atoms with Crippen molar-refractivity contribution in [2.75, 3.05) is 32.1 Å². The molecule has 0 radical (unpaired) electrons. The van der Waals surface area contributed by atoms with Crippen LogP contribution in [0.4, 0.5) is 4.79 Å². The van der Waals surface area contributed by atoms with E-state index in [9.17, 15) is 14.4 Å². The molecule has 3 N–H and O–H groups in total. The second-order valence-electron chi connectivity index (χ2n) is 3.81. The molecule has 0 aromatic rings. The highest BCUT2D eigenvalue weighted by Crippen LogP contribution is 2.02.